The molecule has 1 atom stereocenters. The standard InChI is InChI=1S/C20H19ClN2O/c1-3-14(10-11-22)19(23)15-4-6-16(7-5-15)20(24)18-9-8-17(21)12-13(18)2/h4-9,12,14,23H,3,10H2,1-2H3. The number of hydrogen-bond acceptors (Lipinski definition) is 3. The number of carbonyl (C=O) groups is 1. The predicted octanol–water partition coefficient (Wildman–Crippen LogP) is 5.19. The third-order valence-corrected chi connectivity index (χ3v) is 4.37. The molecule has 0 aliphatic heterocycles. The zero-order valence-corrected chi connectivity index (χ0v) is 14.5. The summed E-state index contributed by atoms with van der Waals surface area (Å²) in [5.41, 5.74) is 3.23. The Balaban J connectivity index is 2.24. The summed E-state index contributed by atoms with van der Waals surface area (Å²) in [7, 11) is 0. The Bertz CT molecular complexity index is 803. The highest BCUT2D eigenvalue weighted by Crippen LogP contribution is 2.20. The van der Waals surface area contributed by atoms with Crippen molar-refractivity contribution in [2.75, 3.05) is 0 Å². The highest BCUT2D eigenvalue weighted by Gasteiger charge is 2.16. The van der Waals surface area contributed by atoms with Crippen molar-refractivity contribution >= 4 is 23.1 Å². The highest BCUT2D eigenvalue weighted by molar-refractivity contribution is 6.30. The van der Waals surface area contributed by atoms with E-state index in [1.807, 2.05) is 13.8 Å². The van der Waals surface area contributed by atoms with Crippen LogP contribution in [0.15, 0.2) is 42.5 Å². The molecule has 122 valence electrons. The van der Waals surface area contributed by atoms with Crippen LogP contribution in [0.1, 0.15) is 46.8 Å². The summed E-state index contributed by atoms with van der Waals surface area (Å²) >= 11 is 5.93. The molecular weight excluding hydrogens is 320 g/mol. The first kappa shape index (κ1) is 17.9. The topological polar surface area (TPSA) is 64.7 Å². The van der Waals surface area contributed by atoms with Gasteiger partial charge in [-0.3, -0.25) is 4.79 Å². The average Bonchev–Trinajstić information content (AvgIpc) is 2.58. The Morgan fingerprint density at radius 2 is 1.83 bits per heavy atom. The maximum Gasteiger partial charge on any atom is 0.193 e. The monoisotopic (exact) mass is 338 g/mol. The Hall–Kier alpha value is -2.44. The minimum absolute atomic E-state index is 0.0636. The molecule has 0 aliphatic carbocycles. The molecule has 0 saturated heterocycles. The zero-order chi connectivity index (χ0) is 17.7. The molecule has 2 aromatic carbocycles. The molecular formula is C20H19ClN2O. The number of carbonyl (C=O) groups excluding carboxylic acids is 1. The molecule has 0 aromatic heterocycles. The zero-order valence-electron chi connectivity index (χ0n) is 13.8. The lowest BCUT2D eigenvalue weighted by molar-refractivity contribution is 0.103. The first-order valence-corrected chi connectivity index (χ1v) is 8.22. The van der Waals surface area contributed by atoms with E-state index in [1.165, 1.54) is 0 Å². The highest BCUT2D eigenvalue weighted by atomic mass is 35.5. The number of halogens is 1. The number of hydrogen-bond donors (Lipinski definition) is 1. The Morgan fingerprint density at radius 1 is 1.21 bits per heavy atom. The van der Waals surface area contributed by atoms with Gasteiger partial charge in [-0.2, -0.15) is 5.26 Å². The largest absolute Gasteiger partial charge is 0.304 e. The van der Waals surface area contributed by atoms with Crippen LogP contribution in [-0.2, 0) is 0 Å². The molecule has 1 N–H and O–H groups in total. The van der Waals surface area contributed by atoms with Crippen LogP contribution < -0.4 is 0 Å². The van der Waals surface area contributed by atoms with Gasteiger partial charge in [0.05, 0.1) is 6.07 Å². The summed E-state index contributed by atoms with van der Waals surface area (Å²) in [6.07, 6.45) is 1.08. The van der Waals surface area contributed by atoms with Crippen molar-refractivity contribution in [3.05, 3.63) is 69.7 Å². The van der Waals surface area contributed by atoms with E-state index in [-0.39, 0.29) is 11.7 Å². The van der Waals surface area contributed by atoms with Crippen LogP contribution in [0.4, 0.5) is 0 Å². The first-order valence-electron chi connectivity index (χ1n) is 7.84. The Morgan fingerprint density at radius 3 is 2.38 bits per heavy atom. The minimum atomic E-state index is -0.0740. The number of nitrogens with zero attached hydrogens (tertiary/aromatic N) is 1. The van der Waals surface area contributed by atoms with Crippen LogP contribution >= 0.6 is 11.6 Å². The smallest absolute Gasteiger partial charge is 0.193 e. The average molecular weight is 339 g/mol. The molecule has 0 bridgehead atoms. The minimum Gasteiger partial charge on any atom is -0.304 e. The van der Waals surface area contributed by atoms with Gasteiger partial charge >= 0.3 is 0 Å². The van der Waals surface area contributed by atoms with Crippen molar-refractivity contribution in [1.29, 1.82) is 10.7 Å². The van der Waals surface area contributed by atoms with Gasteiger partial charge in [0, 0.05) is 34.2 Å². The fraction of sp³-hybridized carbons (Fsp3) is 0.250. The lowest BCUT2D eigenvalue weighted by Gasteiger charge is -2.13. The molecule has 0 spiro atoms. The van der Waals surface area contributed by atoms with Gasteiger partial charge in [-0.25, -0.2) is 0 Å². The second-order valence-electron chi connectivity index (χ2n) is 5.75. The van der Waals surface area contributed by atoms with Gasteiger partial charge < -0.3 is 5.41 Å². The maximum absolute atomic E-state index is 12.6. The Kier molecular flexibility index (Phi) is 5.89. The summed E-state index contributed by atoms with van der Waals surface area (Å²) in [6.45, 7) is 3.83. The molecule has 0 fully saturated rings. The predicted molar refractivity (Wildman–Crippen MR) is 96.9 cm³/mol. The quantitative estimate of drug-likeness (QED) is 0.582. The van der Waals surface area contributed by atoms with E-state index in [0.29, 0.717) is 28.3 Å². The van der Waals surface area contributed by atoms with Crippen LogP contribution in [0.2, 0.25) is 5.02 Å². The molecule has 1 unspecified atom stereocenters. The number of rotatable bonds is 6. The van der Waals surface area contributed by atoms with Crippen molar-refractivity contribution in [2.24, 2.45) is 5.92 Å². The molecule has 2 rings (SSSR count). The van der Waals surface area contributed by atoms with Crippen LogP contribution in [0.5, 0.6) is 0 Å². The van der Waals surface area contributed by atoms with E-state index in [0.717, 1.165) is 17.5 Å². The third kappa shape index (κ3) is 3.90. The fourth-order valence-corrected chi connectivity index (χ4v) is 2.86. The van der Waals surface area contributed by atoms with Crippen LogP contribution in [0.3, 0.4) is 0 Å². The van der Waals surface area contributed by atoms with Gasteiger partial charge in [-0.05, 0) is 42.7 Å². The number of nitriles is 1. The van der Waals surface area contributed by atoms with E-state index in [4.69, 9.17) is 22.3 Å². The maximum atomic E-state index is 12.6. The first-order chi connectivity index (χ1) is 11.5. The van der Waals surface area contributed by atoms with Gasteiger partial charge in [0.2, 0.25) is 0 Å². The van der Waals surface area contributed by atoms with E-state index in [1.54, 1.807) is 42.5 Å². The van der Waals surface area contributed by atoms with Crippen molar-refractivity contribution < 1.29 is 4.79 Å². The normalized spacial score (nSPS) is 11.6. The van der Waals surface area contributed by atoms with E-state index < -0.39 is 0 Å². The van der Waals surface area contributed by atoms with Gasteiger partial charge in [-0.15, -0.1) is 0 Å². The van der Waals surface area contributed by atoms with E-state index in [9.17, 15) is 4.79 Å². The molecule has 0 heterocycles. The molecule has 4 heteroatoms. The molecule has 24 heavy (non-hydrogen) atoms. The summed E-state index contributed by atoms with van der Waals surface area (Å²) in [5.74, 6) is -0.138. The van der Waals surface area contributed by atoms with Crippen molar-refractivity contribution in [2.45, 2.75) is 26.7 Å². The van der Waals surface area contributed by atoms with Crippen molar-refractivity contribution in [3.8, 4) is 6.07 Å². The number of nitrogens with one attached hydrogen (secondary N) is 1. The fourth-order valence-electron chi connectivity index (χ4n) is 2.63. The van der Waals surface area contributed by atoms with Crippen LogP contribution in [0.25, 0.3) is 0 Å². The third-order valence-electron chi connectivity index (χ3n) is 4.13. The van der Waals surface area contributed by atoms with Gasteiger partial charge in [0.25, 0.3) is 0 Å². The van der Waals surface area contributed by atoms with Gasteiger partial charge in [0.1, 0.15) is 0 Å². The lowest BCUT2D eigenvalue weighted by Crippen LogP contribution is -2.14. The molecule has 0 amide bonds. The van der Waals surface area contributed by atoms with E-state index in [2.05, 4.69) is 6.07 Å². The van der Waals surface area contributed by atoms with E-state index >= 15 is 0 Å². The summed E-state index contributed by atoms with van der Waals surface area (Å²) in [5, 5.41) is 17.7. The van der Waals surface area contributed by atoms with Crippen molar-refractivity contribution in [3.63, 3.8) is 0 Å². The molecule has 2 aromatic rings. The molecule has 0 saturated carbocycles. The number of aryl methyl sites for hydroxylation is 1. The van der Waals surface area contributed by atoms with Crippen LogP contribution in [0, 0.1) is 29.6 Å². The SMILES string of the molecule is CCC(CC#N)C(=N)c1ccc(C(=O)c2ccc(Cl)cc2C)cc1. The second-order valence-corrected chi connectivity index (χ2v) is 6.18. The van der Waals surface area contributed by atoms with Gasteiger partial charge in [0.15, 0.2) is 5.78 Å². The second kappa shape index (κ2) is 7.90. The lowest BCUT2D eigenvalue weighted by atomic mass is 9.91. The summed E-state index contributed by atoms with van der Waals surface area (Å²) in [4.78, 5) is 12.6. The molecule has 0 radical (unpaired) electrons. The molecule has 3 nitrogen and oxygen atoms in total. The van der Waals surface area contributed by atoms with Crippen molar-refractivity contribution in [1.82, 2.24) is 0 Å². The summed E-state index contributed by atoms with van der Waals surface area (Å²) in [6, 6.07) is 14.4. The summed E-state index contributed by atoms with van der Waals surface area (Å²) < 4.78 is 0. The number of benzene rings is 2. The van der Waals surface area contributed by atoms with Gasteiger partial charge in [-0.1, -0.05) is 42.8 Å². The number of ketones is 1. The Labute approximate surface area is 147 Å². The van der Waals surface area contributed by atoms with Crippen LogP contribution in [-0.4, -0.2) is 11.5 Å². The molecule has 0 aliphatic rings.